The lowest BCUT2D eigenvalue weighted by molar-refractivity contribution is -0.113. The van der Waals surface area contributed by atoms with E-state index in [0.717, 1.165) is 27.6 Å². The van der Waals surface area contributed by atoms with Gasteiger partial charge in [0.25, 0.3) is 0 Å². The number of carbonyl (C=O) groups is 1. The standard InChI is InChI=1S/C18H24N6OS2/c1-5-10(2)14(19)16-21-22-17-24(16)23-18(27-17)26-9-13(25)20-15-11(3)7-6-8-12(15)4/h6-8,10,14H,5,9,19H2,1-4H3,(H,20,25)/t10-,14-/m0/s1. The maximum atomic E-state index is 12.3. The highest BCUT2D eigenvalue weighted by molar-refractivity contribution is 8.01. The number of rotatable bonds is 7. The summed E-state index contributed by atoms with van der Waals surface area (Å²) in [6.07, 6.45) is 0.959. The number of para-hydroxylation sites is 1. The highest BCUT2D eigenvalue weighted by Crippen LogP contribution is 2.28. The lowest BCUT2D eigenvalue weighted by Crippen LogP contribution is -2.21. The molecule has 0 fully saturated rings. The van der Waals surface area contributed by atoms with E-state index in [9.17, 15) is 4.79 Å². The van der Waals surface area contributed by atoms with Gasteiger partial charge < -0.3 is 11.1 Å². The predicted molar refractivity (Wildman–Crippen MR) is 110 cm³/mol. The normalized spacial score (nSPS) is 13.7. The quantitative estimate of drug-likeness (QED) is 0.584. The van der Waals surface area contributed by atoms with E-state index in [-0.39, 0.29) is 17.7 Å². The molecule has 7 nitrogen and oxygen atoms in total. The van der Waals surface area contributed by atoms with E-state index in [2.05, 4.69) is 34.5 Å². The smallest absolute Gasteiger partial charge is 0.235 e. The summed E-state index contributed by atoms with van der Waals surface area (Å²) in [6, 6.07) is 5.74. The van der Waals surface area contributed by atoms with Gasteiger partial charge in [0.2, 0.25) is 10.9 Å². The molecular formula is C18H24N6OS2. The molecule has 0 aliphatic carbocycles. The monoisotopic (exact) mass is 404 g/mol. The molecule has 1 aromatic carbocycles. The number of benzene rings is 1. The minimum atomic E-state index is -0.211. The van der Waals surface area contributed by atoms with Crippen molar-refractivity contribution in [3.05, 3.63) is 35.2 Å². The Kier molecular flexibility index (Phi) is 6.13. The van der Waals surface area contributed by atoms with Crippen LogP contribution in [0.1, 0.15) is 43.3 Å². The number of hydrogen-bond acceptors (Lipinski definition) is 7. The van der Waals surface area contributed by atoms with Crippen LogP contribution in [0.25, 0.3) is 4.96 Å². The summed E-state index contributed by atoms with van der Waals surface area (Å²) in [6.45, 7) is 8.16. The van der Waals surface area contributed by atoms with Crippen molar-refractivity contribution in [2.75, 3.05) is 11.1 Å². The molecule has 0 saturated heterocycles. The third kappa shape index (κ3) is 4.31. The van der Waals surface area contributed by atoms with Gasteiger partial charge >= 0.3 is 0 Å². The SMILES string of the molecule is CC[C@H](C)[C@H](N)c1nnc2sc(SCC(=O)Nc3c(C)cccc3C)nn12. The van der Waals surface area contributed by atoms with E-state index in [4.69, 9.17) is 5.73 Å². The fraction of sp³-hybridized carbons (Fsp3) is 0.444. The molecule has 0 saturated carbocycles. The zero-order chi connectivity index (χ0) is 19.6. The van der Waals surface area contributed by atoms with E-state index >= 15 is 0 Å². The molecule has 27 heavy (non-hydrogen) atoms. The van der Waals surface area contributed by atoms with Gasteiger partial charge in [0.05, 0.1) is 11.8 Å². The maximum absolute atomic E-state index is 12.3. The number of thioether (sulfide) groups is 1. The summed E-state index contributed by atoms with van der Waals surface area (Å²) in [7, 11) is 0. The minimum Gasteiger partial charge on any atom is -0.325 e. The summed E-state index contributed by atoms with van der Waals surface area (Å²) in [4.78, 5) is 13.0. The fourth-order valence-corrected chi connectivity index (χ4v) is 4.39. The van der Waals surface area contributed by atoms with E-state index in [1.165, 1.54) is 23.1 Å². The number of aromatic nitrogens is 4. The number of nitrogens with two attached hydrogens (primary N) is 1. The summed E-state index contributed by atoms with van der Waals surface area (Å²) in [5.41, 5.74) is 9.26. The third-order valence-corrected chi connectivity index (χ3v) is 6.66. The highest BCUT2D eigenvalue weighted by Gasteiger charge is 2.22. The van der Waals surface area contributed by atoms with Crippen LogP contribution in [0.4, 0.5) is 5.69 Å². The third-order valence-electron chi connectivity index (χ3n) is 4.62. The van der Waals surface area contributed by atoms with Crippen LogP contribution in [-0.2, 0) is 4.79 Å². The second-order valence-corrected chi connectivity index (χ2v) is 8.81. The van der Waals surface area contributed by atoms with Crippen molar-refractivity contribution in [2.45, 2.75) is 44.5 Å². The highest BCUT2D eigenvalue weighted by atomic mass is 32.2. The molecular weight excluding hydrogens is 380 g/mol. The average Bonchev–Trinajstić information content (AvgIpc) is 3.22. The number of carbonyl (C=O) groups excluding carboxylic acids is 1. The van der Waals surface area contributed by atoms with Gasteiger partial charge in [-0.3, -0.25) is 4.79 Å². The van der Waals surface area contributed by atoms with E-state index < -0.39 is 0 Å². The molecule has 0 unspecified atom stereocenters. The van der Waals surface area contributed by atoms with Gasteiger partial charge in [-0.15, -0.1) is 15.3 Å². The van der Waals surface area contributed by atoms with E-state index in [0.29, 0.717) is 16.7 Å². The second-order valence-electron chi connectivity index (χ2n) is 6.64. The van der Waals surface area contributed by atoms with Crippen LogP contribution in [0.2, 0.25) is 0 Å². The second kappa shape index (κ2) is 8.37. The van der Waals surface area contributed by atoms with Crippen LogP contribution in [0.3, 0.4) is 0 Å². The lowest BCUT2D eigenvalue weighted by atomic mass is 10.00. The Bertz CT molecular complexity index is 930. The molecule has 0 aliphatic heterocycles. The summed E-state index contributed by atoms with van der Waals surface area (Å²) in [5.74, 6) is 1.19. The largest absolute Gasteiger partial charge is 0.325 e. The molecule has 144 valence electrons. The van der Waals surface area contributed by atoms with Crippen molar-refractivity contribution < 1.29 is 4.79 Å². The molecule has 1 amide bonds. The number of nitrogens with zero attached hydrogens (tertiary/aromatic N) is 4. The maximum Gasteiger partial charge on any atom is 0.235 e. The van der Waals surface area contributed by atoms with E-state index in [1.807, 2.05) is 32.0 Å². The van der Waals surface area contributed by atoms with Gasteiger partial charge in [-0.2, -0.15) is 4.52 Å². The van der Waals surface area contributed by atoms with Crippen molar-refractivity contribution in [1.29, 1.82) is 0 Å². The van der Waals surface area contributed by atoms with Crippen molar-refractivity contribution in [1.82, 2.24) is 19.8 Å². The van der Waals surface area contributed by atoms with Gasteiger partial charge in [-0.25, -0.2) is 0 Å². The van der Waals surface area contributed by atoms with Crippen LogP contribution >= 0.6 is 23.1 Å². The molecule has 3 N–H and O–H groups in total. The first-order valence-electron chi connectivity index (χ1n) is 8.87. The van der Waals surface area contributed by atoms with Gasteiger partial charge in [0.1, 0.15) is 0 Å². The van der Waals surface area contributed by atoms with Crippen LogP contribution in [0.5, 0.6) is 0 Å². The number of amides is 1. The van der Waals surface area contributed by atoms with Gasteiger partial charge in [0.15, 0.2) is 10.2 Å². The Morgan fingerprint density at radius 2 is 2.04 bits per heavy atom. The summed E-state index contributed by atoms with van der Waals surface area (Å²) < 4.78 is 2.47. The molecule has 2 heterocycles. The van der Waals surface area contributed by atoms with Crippen LogP contribution < -0.4 is 11.1 Å². The van der Waals surface area contributed by atoms with Crippen molar-refractivity contribution in [3.63, 3.8) is 0 Å². The number of hydrogen-bond donors (Lipinski definition) is 2. The molecule has 0 bridgehead atoms. The minimum absolute atomic E-state index is 0.0557. The van der Waals surface area contributed by atoms with Crippen LogP contribution in [-0.4, -0.2) is 31.5 Å². The number of aryl methyl sites for hydroxylation is 2. The Morgan fingerprint density at radius 3 is 2.70 bits per heavy atom. The van der Waals surface area contributed by atoms with Gasteiger partial charge in [-0.05, 0) is 30.9 Å². The molecule has 9 heteroatoms. The Labute approximate surface area is 166 Å². The average molecular weight is 405 g/mol. The number of nitrogens with one attached hydrogen (secondary N) is 1. The zero-order valence-electron chi connectivity index (χ0n) is 15.9. The lowest BCUT2D eigenvalue weighted by Gasteiger charge is -2.15. The number of fused-ring (bicyclic) bond motifs is 1. The molecule has 0 radical (unpaired) electrons. The molecule has 2 aromatic heterocycles. The van der Waals surface area contributed by atoms with Gasteiger partial charge in [-0.1, -0.05) is 61.6 Å². The topological polar surface area (TPSA) is 98.2 Å². The summed E-state index contributed by atoms with van der Waals surface area (Å²) in [5, 5.41) is 15.9. The number of anilines is 1. The van der Waals surface area contributed by atoms with Crippen molar-refractivity contribution >= 4 is 39.7 Å². The Balaban J connectivity index is 1.67. The van der Waals surface area contributed by atoms with Gasteiger partial charge in [0, 0.05) is 5.69 Å². The predicted octanol–water partition coefficient (Wildman–Crippen LogP) is 3.58. The summed E-state index contributed by atoms with van der Waals surface area (Å²) >= 11 is 2.81. The molecule has 0 aliphatic rings. The first kappa shape index (κ1) is 19.8. The van der Waals surface area contributed by atoms with Crippen molar-refractivity contribution in [3.8, 4) is 0 Å². The first-order chi connectivity index (χ1) is 12.9. The molecule has 3 rings (SSSR count). The fourth-order valence-electron chi connectivity index (χ4n) is 2.70. The Hall–Kier alpha value is -1.97. The zero-order valence-corrected chi connectivity index (χ0v) is 17.5. The molecule has 2 atom stereocenters. The molecule has 0 spiro atoms. The molecule has 3 aromatic rings. The van der Waals surface area contributed by atoms with Crippen LogP contribution in [0, 0.1) is 19.8 Å². The van der Waals surface area contributed by atoms with Crippen LogP contribution in [0.15, 0.2) is 22.5 Å². The Morgan fingerprint density at radius 1 is 1.33 bits per heavy atom. The first-order valence-corrected chi connectivity index (χ1v) is 10.7. The van der Waals surface area contributed by atoms with E-state index in [1.54, 1.807) is 4.52 Å². The van der Waals surface area contributed by atoms with Crippen molar-refractivity contribution in [2.24, 2.45) is 11.7 Å².